The van der Waals surface area contributed by atoms with Crippen LogP contribution in [0.5, 0.6) is 0 Å². The molecule has 19 heavy (non-hydrogen) atoms. The molecular formula is C15H27BrN2S. The molecule has 1 aromatic heterocycles. The highest BCUT2D eigenvalue weighted by atomic mass is 79.9. The van der Waals surface area contributed by atoms with Gasteiger partial charge in [-0.25, -0.2) is 0 Å². The average molecular weight is 347 g/mol. The number of hydrogen-bond donors (Lipinski definition) is 1. The first-order valence-corrected chi connectivity index (χ1v) is 8.83. The zero-order valence-corrected chi connectivity index (χ0v) is 15.0. The zero-order chi connectivity index (χ0) is 14.4. The van der Waals surface area contributed by atoms with Crippen LogP contribution in [0.3, 0.4) is 0 Å². The number of thiophene rings is 1. The third-order valence-electron chi connectivity index (χ3n) is 3.51. The standard InChI is InChI=1S/C15H27BrN2S/c1-5-6-7-8-18(11(2)3)14(10-17)15-9-13(16)12(4)19-15/h9,11,14H,5-8,10,17H2,1-4H3. The van der Waals surface area contributed by atoms with Crippen LogP contribution < -0.4 is 5.73 Å². The largest absolute Gasteiger partial charge is 0.329 e. The fourth-order valence-electron chi connectivity index (χ4n) is 2.38. The van der Waals surface area contributed by atoms with Gasteiger partial charge in [0.1, 0.15) is 0 Å². The average Bonchev–Trinajstić information content (AvgIpc) is 2.68. The molecule has 2 nitrogen and oxygen atoms in total. The molecule has 0 radical (unpaired) electrons. The first-order valence-electron chi connectivity index (χ1n) is 7.22. The molecule has 1 unspecified atom stereocenters. The quantitative estimate of drug-likeness (QED) is 0.690. The van der Waals surface area contributed by atoms with Crippen molar-refractivity contribution >= 4 is 27.3 Å². The van der Waals surface area contributed by atoms with Crippen molar-refractivity contribution in [1.29, 1.82) is 0 Å². The Kier molecular flexibility index (Phi) is 7.58. The molecule has 0 aliphatic carbocycles. The van der Waals surface area contributed by atoms with Gasteiger partial charge in [-0.2, -0.15) is 0 Å². The van der Waals surface area contributed by atoms with Gasteiger partial charge in [-0.15, -0.1) is 11.3 Å². The van der Waals surface area contributed by atoms with Crippen molar-refractivity contribution in [2.75, 3.05) is 13.1 Å². The lowest BCUT2D eigenvalue weighted by atomic mass is 10.1. The highest BCUT2D eigenvalue weighted by Gasteiger charge is 2.23. The summed E-state index contributed by atoms with van der Waals surface area (Å²) in [6.45, 7) is 10.8. The van der Waals surface area contributed by atoms with Crippen LogP contribution in [-0.2, 0) is 0 Å². The lowest BCUT2D eigenvalue weighted by Crippen LogP contribution is -2.39. The van der Waals surface area contributed by atoms with Gasteiger partial charge in [0.05, 0.1) is 6.04 Å². The summed E-state index contributed by atoms with van der Waals surface area (Å²) in [6.07, 6.45) is 3.83. The van der Waals surface area contributed by atoms with Crippen LogP contribution in [0.1, 0.15) is 55.8 Å². The predicted molar refractivity (Wildman–Crippen MR) is 89.9 cm³/mol. The van der Waals surface area contributed by atoms with Gasteiger partial charge in [0.2, 0.25) is 0 Å². The van der Waals surface area contributed by atoms with Crippen molar-refractivity contribution in [1.82, 2.24) is 4.90 Å². The van der Waals surface area contributed by atoms with Crippen molar-refractivity contribution in [2.24, 2.45) is 5.73 Å². The van der Waals surface area contributed by atoms with Crippen LogP contribution in [-0.4, -0.2) is 24.0 Å². The van der Waals surface area contributed by atoms with Crippen LogP contribution in [0.15, 0.2) is 10.5 Å². The molecule has 0 aliphatic rings. The summed E-state index contributed by atoms with van der Waals surface area (Å²) in [6, 6.07) is 3.13. The van der Waals surface area contributed by atoms with E-state index in [2.05, 4.69) is 54.6 Å². The Labute approximate surface area is 130 Å². The highest BCUT2D eigenvalue weighted by molar-refractivity contribution is 9.10. The lowest BCUT2D eigenvalue weighted by Gasteiger charge is -2.33. The van der Waals surface area contributed by atoms with E-state index < -0.39 is 0 Å². The maximum absolute atomic E-state index is 6.06. The van der Waals surface area contributed by atoms with Gasteiger partial charge in [0.15, 0.2) is 0 Å². The Morgan fingerprint density at radius 1 is 1.37 bits per heavy atom. The molecule has 0 spiro atoms. The number of rotatable bonds is 8. The van der Waals surface area contributed by atoms with E-state index in [1.165, 1.54) is 33.5 Å². The maximum atomic E-state index is 6.06. The van der Waals surface area contributed by atoms with Gasteiger partial charge >= 0.3 is 0 Å². The normalized spacial score (nSPS) is 13.5. The fraction of sp³-hybridized carbons (Fsp3) is 0.733. The molecule has 0 fully saturated rings. The molecule has 1 aromatic rings. The Bertz CT molecular complexity index is 357. The van der Waals surface area contributed by atoms with Crippen LogP contribution in [0.4, 0.5) is 0 Å². The molecule has 0 bridgehead atoms. The van der Waals surface area contributed by atoms with Gasteiger partial charge in [-0.3, -0.25) is 4.90 Å². The topological polar surface area (TPSA) is 29.3 Å². The third-order valence-corrected chi connectivity index (χ3v) is 5.75. The highest BCUT2D eigenvalue weighted by Crippen LogP contribution is 2.33. The van der Waals surface area contributed by atoms with Gasteiger partial charge in [0, 0.05) is 26.8 Å². The molecule has 1 rings (SSSR count). The van der Waals surface area contributed by atoms with Crippen LogP contribution >= 0.6 is 27.3 Å². The maximum Gasteiger partial charge on any atom is 0.0567 e. The van der Waals surface area contributed by atoms with E-state index in [0.29, 0.717) is 18.6 Å². The van der Waals surface area contributed by atoms with E-state index in [1.807, 2.05) is 11.3 Å². The smallest absolute Gasteiger partial charge is 0.0567 e. The Morgan fingerprint density at radius 2 is 2.05 bits per heavy atom. The van der Waals surface area contributed by atoms with E-state index in [0.717, 1.165) is 6.54 Å². The Balaban J connectivity index is 2.83. The minimum Gasteiger partial charge on any atom is -0.329 e. The second-order valence-corrected chi connectivity index (χ2v) is 7.49. The van der Waals surface area contributed by atoms with Crippen LogP contribution in [0.2, 0.25) is 0 Å². The van der Waals surface area contributed by atoms with Crippen molar-refractivity contribution < 1.29 is 0 Å². The summed E-state index contributed by atoms with van der Waals surface area (Å²) in [5.74, 6) is 0. The van der Waals surface area contributed by atoms with Crippen LogP contribution in [0.25, 0.3) is 0 Å². The summed E-state index contributed by atoms with van der Waals surface area (Å²) < 4.78 is 1.21. The molecule has 1 heterocycles. The number of hydrogen-bond acceptors (Lipinski definition) is 3. The van der Waals surface area contributed by atoms with Gasteiger partial charge in [-0.05, 0) is 55.7 Å². The lowest BCUT2D eigenvalue weighted by molar-refractivity contribution is 0.156. The zero-order valence-electron chi connectivity index (χ0n) is 12.6. The third kappa shape index (κ3) is 4.85. The second-order valence-electron chi connectivity index (χ2n) is 5.34. The first-order chi connectivity index (χ1) is 9.01. The molecular weight excluding hydrogens is 320 g/mol. The van der Waals surface area contributed by atoms with E-state index in [1.54, 1.807) is 0 Å². The summed E-state index contributed by atoms with van der Waals surface area (Å²) >= 11 is 5.48. The fourth-order valence-corrected chi connectivity index (χ4v) is 4.07. The number of aryl methyl sites for hydroxylation is 1. The molecule has 0 aliphatic heterocycles. The molecule has 0 amide bonds. The second kappa shape index (κ2) is 8.40. The summed E-state index contributed by atoms with van der Waals surface area (Å²) in [5.41, 5.74) is 6.06. The number of halogens is 1. The van der Waals surface area contributed by atoms with Crippen LogP contribution in [0, 0.1) is 6.92 Å². The monoisotopic (exact) mass is 346 g/mol. The van der Waals surface area contributed by atoms with E-state index in [-0.39, 0.29) is 0 Å². The summed E-state index contributed by atoms with van der Waals surface area (Å²) in [7, 11) is 0. The first kappa shape index (κ1) is 17.2. The van der Waals surface area contributed by atoms with Crippen molar-refractivity contribution in [3.05, 3.63) is 20.3 Å². The number of nitrogens with zero attached hydrogens (tertiary/aromatic N) is 1. The van der Waals surface area contributed by atoms with Gasteiger partial charge in [-0.1, -0.05) is 19.8 Å². The molecule has 110 valence electrons. The summed E-state index contributed by atoms with van der Waals surface area (Å²) in [4.78, 5) is 5.27. The SMILES string of the molecule is CCCCCN(C(C)C)C(CN)c1cc(Br)c(C)s1. The molecule has 0 saturated carbocycles. The predicted octanol–water partition coefficient (Wildman–Crippen LogP) is 4.72. The Hall–Kier alpha value is 0.1000. The van der Waals surface area contributed by atoms with Gasteiger partial charge in [0.25, 0.3) is 0 Å². The number of nitrogens with two attached hydrogens (primary N) is 1. The molecule has 0 aromatic carbocycles. The summed E-state index contributed by atoms with van der Waals surface area (Å²) in [5, 5.41) is 0. The van der Waals surface area contributed by atoms with E-state index in [4.69, 9.17) is 5.73 Å². The molecule has 0 saturated heterocycles. The van der Waals surface area contributed by atoms with Crippen molar-refractivity contribution in [3.63, 3.8) is 0 Å². The van der Waals surface area contributed by atoms with E-state index in [9.17, 15) is 0 Å². The molecule has 1 atom stereocenters. The van der Waals surface area contributed by atoms with Crippen molar-refractivity contribution in [3.8, 4) is 0 Å². The molecule has 2 N–H and O–H groups in total. The minimum atomic E-state index is 0.354. The molecule has 4 heteroatoms. The van der Waals surface area contributed by atoms with E-state index >= 15 is 0 Å². The Morgan fingerprint density at radius 3 is 2.47 bits per heavy atom. The van der Waals surface area contributed by atoms with Crippen molar-refractivity contribution in [2.45, 2.75) is 59.0 Å². The van der Waals surface area contributed by atoms with Gasteiger partial charge < -0.3 is 5.73 Å². The minimum absolute atomic E-state index is 0.354. The number of unbranched alkanes of at least 4 members (excludes halogenated alkanes) is 2.